The van der Waals surface area contributed by atoms with E-state index in [1.165, 1.54) is 12.1 Å². The number of hydrogen-bond acceptors (Lipinski definition) is 4. The van der Waals surface area contributed by atoms with Gasteiger partial charge in [0.2, 0.25) is 5.91 Å². The molecule has 2 aromatic carbocycles. The minimum atomic E-state index is -0.547. The van der Waals surface area contributed by atoms with E-state index in [9.17, 15) is 9.18 Å². The standard InChI is InChI=1S/C20H23FN2O3/c1-4-25-19-9-14-8-12(2)26-18(14)11-17(19)22-13(3)20(24)23-16-7-5-6-15(21)10-16/h5-7,9-13,22H,4,8H2,1-3H3,(H,23,24)/t12-,13+/m1/s1. The lowest BCUT2D eigenvalue weighted by Crippen LogP contribution is -2.32. The molecule has 2 N–H and O–H groups in total. The van der Waals surface area contributed by atoms with E-state index in [4.69, 9.17) is 9.47 Å². The molecule has 0 radical (unpaired) electrons. The van der Waals surface area contributed by atoms with Gasteiger partial charge in [-0.1, -0.05) is 6.07 Å². The first kappa shape index (κ1) is 18.0. The predicted octanol–water partition coefficient (Wildman–Crippen LogP) is 3.99. The zero-order valence-electron chi connectivity index (χ0n) is 15.1. The maximum absolute atomic E-state index is 13.3. The van der Waals surface area contributed by atoms with Crippen molar-refractivity contribution in [1.82, 2.24) is 0 Å². The zero-order chi connectivity index (χ0) is 18.7. The molecule has 0 fully saturated rings. The Kier molecular flexibility index (Phi) is 5.30. The second-order valence-corrected chi connectivity index (χ2v) is 6.39. The second-order valence-electron chi connectivity index (χ2n) is 6.39. The van der Waals surface area contributed by atoms with Gasteiger partial charge in [-0.05, 0) is 45.0 Å². The zero-order valence-corrected chi connectivity index (χ0v) is 15.1. The molecule has 0 saturated carbocycles. The number of carbonyl (C=O) groups is 1. The van der Waals surface area contributed by atoms with Crippen LogP contribution in [0.1, 0.15) is 26.3 Å². The molecule has 0 aromatic heterocycles. The number of amides is 1. The fourth-order valence-electron chi connectivity index (χ4n) is 2.94. The molecule has 3 rings (SSSR count). The Bertz CT molecular complexity index is 810. The van der Waals surface area contributed by atoms with Crippen LogP contribution in [0.15, 0.2) is 36.4 Å². The van der Waals surface area contributed by atoms with Gasteiger partial charge < -0.3 is 20.1 Å². The van der Waals surface area contributed by atoms with Crippen LogP contribution in [-0.4, -0.2) is 24.7 Å². The third-order valence-corrected chi connectivity index (χ3v) is 4.16. The Morgan fingerprint density at radius 3 is 2.92 bits per heavy atom. The van der Waals surface area contributed by atoms with E-state index < -0.39 is 11.9 Å². The van der Waals surface area contributed by atoms with E-state index >= 15 is 0 Å². The number of ether oxygens (including phenoxy) is 2. The van der Waals surface area contributed by atoms with Crippen molar-refractivity contribution in [2.75, 3.05) is 17.2 Å². The first-order chi connectivity index (χ1) is 12.5. The molecule has 2 aromatic rings. The largest absolute Gasteiger partial charge is 0.492 e. The van der Waals surface area contributed by atoms with Crippen molar-refractivity contribution in [2.24, 2.45) is 0 Å². The van der Waals surface area contributed by atoms with Crippen LogP contribution in [0.25, 0.3) is 0 Å². The molecule has 2 atom stereocenters. The molecule has 0 aliphatic carbocycles. The Morgan fingerprint density at radius 1 is 1.38 bits per heavy atom. The monoisotopic (exact) mass is 358 g/mol. The number of nitrogens with one attached hydrogen (secondary N) is 2. The van der Waals surface area contributed by atoms with Crippen LogP contribution in [0.4, 0.5) is 15.8 Å². The molecule has 1 aliphatic rings. The number of anilines is 2. The van der Waals surface area contributed by atoms with E-state index in [0.717, 1.165) is 17.7 Å². The highest BCUT2D eigenvalue weighted by atomic mass is 19.1. The van der Waals surface area contributed by atoms with E-state index in [0.29, 0.717) is 23.7 Å². The van der Waals surface area contributed by atoms with Crippen LogP contribution < -0.4 is 20.1 Å². The van der Waals surface area contributed by atoms with Gasteiger partial charge in [0.1, 0.15) is 29.5 Å². The smallest absolute Gasteiger partial charge is 0.246 e. The lowest BCUT2D eigenvalue weighted by Gasteiger charge is -2.19. The summed E-state index contributed by atoms with van der Waals surface area (Å²) in [5, 5.41) is 5.86. The highest BCUT2D eigenvalue weighted by Gasteiger charge is 2.23. The van der Waals surface area contributed by atoms with Crippen LogP contribution in [-0.2, 0) is 11.2 Å². The molecule has 0 saturated heterocycles. The quantitative estimate of drug-likeness (QED) is 0.820. The van der Waals surface area contributed by atoms with Gasteiger partial charge >= 0.3 is 0 Å². The third kappa shape index (κ3) is 4.07. The highest BCUT2D eigenvalue weighted by Crippen LogP contribution is 2.38. The van der Waals surface area contributed by atoms with Crippen molar-refractivity contribution < 1.29 is 18.7 Å². The molecule has 138 valence electrons. The van der Waals surface area contributed by atoms with Crippen LogP contribution in [0.3, 0.4) is 0 Å². The molecule has 1 heterocycles. The maximum Gasteiger partial charge on any atom is 0.246 e. The normalized spacial score (nSPS) is 16.4. The number of hydrogen-bond donors (Lipinski definition) is 2. The van der Waals surface area contributed by atoms with Crippen LogP contribution >= 0.6 is 0 Å². The van der Waals surface area contributed by atoms with Gasteiger partial charge in [-0.25, -0.2) is 4.39 Å². The topological polar surface area (TPSA) is 59.6 Å². The average Bonchev–Trinajstić information content (AvgIpc) is 2.94. The van der Waals surface area contributed by atoms with Gasteiger partial charge in [0.25, 0.3) is 0 Å². The molecule has 5 nitrogen and oxygen atoms in total. The SMILES string of the molecule is CCOc1cc2c(cc1N[C@@H](C)C(=O)Nc1cccc(F)c1)O[C@H](C)C2. The van der Waals surface area contributed by atoms with Crippen molar-refractivity contribution in [3.8, 4) is 11.5 Å². The van der Waals surface area contributed by atoms with Gasteiger partial charge in [0, 0.05) is 23.7 Å². The van der Waals surface area contributed by atoms with Crippen LogP contribution in [0.5, 0.6) is 11.5 Å². The molecule has 0 unspecified atom stereocenters. The first-order valence-corrected chi connectivity index (χ1v) is 8.75. The lowest BCUT2D eigenvalue weighted by molar-refractivity contribution is -0.116. The fourth-order valence-corrected chi connectivity index (χ4v) is 2.94. The average molecular weight is 358 g/mol. The summed E-state index contributed by atoms with van der Waals surface area (Å²) in [6.45, 7) is 6.19. The van der Waals surface area contributed by atoms with Gasteiger partial charge in [0.15, 0.2) is 0 Å². The molecular weight excluding hydrogens is 335 g/mol. The highest BCUT2D eigenvalue weighted by molar-refractivity contribution is 5.96. The van der Waals surface area contributed by atoms with Gasteiger partial charge in [-0.2, -0.15) is 0 Å². The summed E-state index contributed by atoms with van der Waals surface area (Å²) < 4.78 is 24.8. The summed E-state index contributed by atoms with van der Waals surface area (Å²) in [5.41, 5.74) is 2.21. The third-order valence-electron chi connectivity index (χ3n) is 4.16. The van der Waals surface area contributed by atoms with Gasteiger partial charge in [0.05, 0.1) is 12.3 Å². The van der Waals surface area contributed by atoms with E-state index in [2.05, 4.69) is 10.6 Å². The summed E-state index contributed by atoms with van der Waals surface area (Å²) >= 11 is 0. The van der Waals surface area contributed by atoms with E-state index in [1.54, 1.807) is 19.1 Å². The number of benzene rings is 2. The summed E-state index contributed by atoms with van der Waals surface area (Å²) in [6.07, 6.45) is 0.967. The molecule has 0 spiro atoms. The number of rotatable bonds is 6. The summed E-state index contributed by atoms with van der Waals surface area (Å²) in [6, 6.07) is 9.09. The van der Waals surface area contributed by atoms with E-state index in [1.807, 2.05) is 26.0 Å². The van der Waals surface area contributed by atoms with Crippen molar-refractivity contribution in [2.45, 2.75) is 39.3 Å². The number of fused-ring (bicyclic) bond motifs is 1. The van der Waals surface area contributed by atoms with Crippen molar-refractivity contribution in [3.63, 3.8) is 0 Å². The number of carbonyl (C=O) groups excluding carboxylic acids is 1. The maximum atomic E-state index is 13.3. The Labute approximate surface area is 152 Å². The van der Waals surface area contributed by atoms with Crippen LogP contribution in [0, 0.1) is 5.82 Å². The molecular formula is C20H23FN2O3. The molecule has 0 bridgehead atoms. The second kappa shape index (κ2) is 7.64. The summed E-state index contributed by atoms with van der Waals surface area (Å²) in [4.78, 5) is 12.4. The minimum absolute atomic E-state index is 0.128. The Morgan fingerprint density at radius 2 is 2.19 bits per heavy atom. The molecule has 26 heavy (non-hydrogen) atoms. The van der Waals surface area contributed by atoms with Gasteiger partial charge in [-0.3, -0.25) is 4.79 Å². The predicted molar refractivity (Wildman–Crippen MR) is 99.5 cm³/mol. The van der Waals surface area contributed by atoms with Crippen molar-refractivity contribution in [1.29, 1.82) is 0 Å². The fraction of sp³-hybridized carbons (Fsp3) is 0.350. The minimum Gasteiger partial charge on any atom is -0.492 e. The summed E-state index contributed by atoms with van der Waals surface area (Å²) in [7, 11) is 0. The molecule has 1 amide bonds. The summed E-state index contributed by atoms with van der Waals surface area (Å²) in [5.74, 6) is 0.829. The molecule has 6 heteroatoms. The van der Waals surface area contributed by atoms with E-state index in [-0.39, 0.29) is 12.0 Å². The van der Waals surface area contributed by atoms with Crippen molar-refractivity contribution in [3.05, 3.63) is 47.8 Å². The lowest BCUT2D eigenvalue weighted by atomic mass is 10.1. The molecule has 1 aliphatic heterocycles. The number of halogens is 1. The van der Waals surface area contributed by atoms with Gasteiger partial charge in [-0.15, -0.1) is 0 Å². The Hall–Kier alpha value is -2.76. The first-order valence-electron chi connectivity index (χ1n) is 8.75. The van der Waals surface area contributed by atoms with Crippen LogP contribution in [0.2, 0.25) is 0 Å². The van der Waals surface area contributed by atoms with Crippen molar-refractivity contribution >= 4 is 17.3 Å². The Balaban J connectivity index is 1.74.